The van der Waals surface area contributed by atoms with Crippen LogP contribution in [0.25, 0.3) is 0 Å². The largest absolute Gasteiger partial charge is 0.462 e. The van der Waals surface area contributed by atoms with Crippen molar-refractivity contribution in [1.82, 2.24) is 0 Å². The average Bonchev–Trinajstić information content (AvgIpc) is 3.38. The molecule has 0 aromatic heterocycles. The molecule has 72 heavy (non-hydrogen) atoms. The summed E-state index contributed by atoms with van der Waals surface area (Å²) in [6, 6.07) is 0. The van der Waals surface area contributed by atoms with Gasteiger partial charge in [-0.05, 0) is 122 Å². The van der Waals surface area contributed by atoms with Gasteiger partial charge in [0.1, 0.15) is 13.2 Å². The third-order valence-corrected chi connectivity index (χ3v) is 11.0. The maximum absolute atomic E-state index is 12.8. The van der Waals surface area contributed by atoms with Crippen molar-refractivity contribution >= 4 is 17.9 Å². The second kappa shape index (κ2) is 58.3. The molecule has 0 aliphatic heterocycles. The van der Waals surface area contributed by atoms with Crippen LogP contribution in [-0.2, 0) is 28.6 Å². The van der Waals surface area contributed by atoms with E-state index in [1.165, 1.54) is 44.9 Å². The monoisotopic (exact) mass is 989 g/mol. The van der Waals surface area contributed by atoms with E-state index < -0.39 is 18.0 Å². The lowest BCUT2D eigenvalue weighted by molar-refractivity contribution is -0.166. The van der Waals surface area contributed by atoms with Crippen molar-refractivity contribution in [1.29, 1.82) is 0 Å². The summed E-state index contributed by atoms with van der Waals surface area (Å²) < 4.78 is 16.7. The normalized spacial score (nSPS) is 13.4. The number of allylic oxidation sites excluding steroid dienone is 28. The van der Waals surface area contributed by atoms with Crippen LogP contribution >= 0.6 is 0 Å². The van der Waals surface area contributed by atoms with E-state index in [0.29, 0.717) is 12.8 Å². The molecule has 0 fully saturated rings. The third-order valence-electron chi connectivity index (χ3n) is 11.0. The van der Waals surface area contributed by atoms with Crippen LogP contribution in [0.3, 0.4) is 0 Å². The second-order valence-corrected chi connectivity index (χ2v) is 17.8. The first kappa shape index (κ1) is 66.8. The number of carbonyl (C=O) groups is 3. The van der Waals surface area contributed by atoms with Crippen molar-refractivity contribution in [2.75, 3.05) is 13.2 Å². The average molecular weight is 990 g/mol. The zero-order chi connectivity index (χ0) is 52.2. The van der Waals surface area contributed by atoms with Crippen LogP contribution in [0.4, 0.5) is 0 Å². The molecule has 0 amide bonds. The van der Waals surface area contributed by atoms with E-state index in [2.05, 4.69) is 167 Å². The van der Waals surface area contributed by atoms with E-state index in [9.17, 15) is 14.4 Å². The van der Waals surface area contributed by atoms with Crippen molar-refractivity contribution in [3.63, 3.8) is 0 Å². The van der Waals surface area contributed by atoms with Crippen molar-refractivity contribution in [3.05, 3.63) is 170 Å². The molecule has 0 heterocycles. The Balaban J connectivity index is 4.70. The standard InChI is InChI=1S/C66H100O6/c1-4-7-10-13-16-19-22-25-28-31-33-35-38-41-44-47-50-53-56-59-65(68)71-62-63(61-70-64(67)58-55-52-49-46-43-40-37-30-27-24-21-18-15-12-9-6-3)72-66(69)60-57-54-51-48-45-42-39-36-34-32-29-26-23-20-17-14-11-8-5-2/h7-8,10-11,16-17,19-20,25-26,28-30,33-37,40-45,50-51,53-54,63H,4-6,9,12-15,18,21-24,27,31-32,38-39,46-49,52,55-62H2,1-3H3/b10-7-,11-8-,19-16-,20-17-,28-25-,29-26-,35-33-,36-34-,37-30-,43-40-,44-41-,45-42-,53-50-,54-51-. The predicted molar refractivity (Wildman–Crippen MR) is 311 cm³/mol. The Morgan fingerprint density at radius 1 is 0.306 bits per heavy atom. The van der Waals surface area contributed by atoms with E-state index in [0.717, 1.165) is 109 Å². The van der Waals surface area contributed by atoms with Crippen LogP contribution < -0.4 is 0 Å². The molecule has 0 saturated heterocycles. The van der Waals surface area contributed by atoms with Gasteiger partial charge in [0.05, 0.1) is 0 Å². The van der Waals surface area contributed by atoms with Crippen LogP contribution in [0.2, 0.25) is 0 Å². The van der Waals surface area contributed by atoms with E-state index in [1.54, 1.807) is 0 Å². The van der Waals surface area contributed by atoms with Gasteiger partial charge in [0, 0.05) is 19.3 Å². The summed E-state index contributed by atoms with van der Waals surface area (Å²) in [7, 11) is 0. The van der Waals surface area contributed by atoms with Gasteiger partial charge in [0.25, 0.3) is 0 Å². The van der Waals surface area contributed by atoms with Crippen LogP contribution in [0.15, 0.2) is 170 Å². The van der Waals surface area contributed by atoms with Gasteiger partial charge in [0.2, 0.25) is 0 Å². The lowest BCUT2D eigenvalue weighted by atomic mass is 10.1. The van der Waals surface area contributed by atoms with E-state index in [4.69, 9.17) is 14.2 Å². The maximum Gasteiger partial charge on any atom is 0.306 e. The minimum Gasteiger partial charge on any atom is -0.462 e. The van der Waals surface area contributed by atoms with Crippen LogP contribution in [-0.4, -0.2) is 37.2 Å². The van der Waals surface area contributed by atoms with E-state index >= 15 is 0 Å². The minimum atomic E-state index is -0.870. The Labute approximate surface area is 441 Å². The number of esters is 3. The van der Waals surface area contributed by atoms with Crippen molar-refractivity contribution in [2.45, 2.75) is 213 Å². The Hall–Kier alpha value is -5.23. The summed E-state index contributed by atoms with van der Waals surface area (Å²) >= 11 is 0. The molecule has 1 atom stereocenters. The Bertz CT molecular complexity index is 1700. The maximum atomic E-state index is 12.8. The van der Waals surface area contributed by atoms with Crippen molar-refractivity contribution in [2.24, 2.45) is 0 Å². The molecule has 0 aliphatic carbocycles. The summed E-state index contributed by atoms with van der Waals surface area (Å²) in [5.74, 6) is -1.16. The molecule has 400 valence electrons. The van der Waals surface area contributed by atoms with E-state index in [1.807, 2.05) is 24.3 Å². The molecule has 0 aromatic carbocycles. The minimum absolute atomic E-state index is 0.154. The highest BCUT2D eigenvalue weighted by atomic mass is 16.6. The van der Waals surface area contributed by atoms with Crippen LogP contribution in [0.5, 0.6) is 0 Å². The Kier molecular flexibility index (Phi) is 54.1. The molecule has 0 N–H and O–H groups in total. The van der Waals surface area contributed by atoms with Gasteiger partial charge in [-0.15, -0.1) is 0 Å². The highest BCUT2D eigenvalue weighted by molar-refractivity contribution is 5.71. The molecule has 0 saturated carbocycles. The topological polar surface area (TPSA) is 78.9 Å². The van der Waals surface area contributed by atoms with Gasteiger partial charge in [0.15, 0.2) is 6.10 Å². The highest BCUT2D eigenvalue weighted by Crippen LogP contribution is 2.11. The number of unbranched alkanes of at least 4 members (excludes halogenated alkanes) is 10. The molecule has 0 aromatic rings. The first-order valence-corrected chi connectivity index (χ1v) is 28.2. The fourth-order valence-corrected chi connectivity index (χ4v) is 6.84. The van der Waals surface area contributed by atoms with Gasteiger partial charge < -0.3 is 14.2 Å². The predicted octanol–water partition coefficient (Wildman–Crippen LogP) is 19.1. The van der Waals surface area contributed by atoms with Gasteiger partial charge in [-0.2, -0.15) is 0 Å². The summed E-state index contributed by atoms with van der Waals surface area (Å²) in [4.78, 5) is 38.1. The van der Waals surface area contributed by atoms with Crippen LogP contribution in [0, 0.1) is 0 Å². The summed E-state index contributed by atoms with van der Waals surface area (Å²) in [5, 5.41) is 0. The lowest BCUT2D eigenvalue weighted by Crippen LogP contribution is -2.30. The van der Waals surface area contributed by atoms with Crippen molar-refractivity contribution < 1.29 is 28.6 Å². The molecule has 6 heteroatoms. The van der Waals surface area contributed by atoms with Gasteiger partial charge in [-0.1, -0.05) is 236 Å². The smallest absolute Gasteiger partial charge is 0.306 e. The molecule has 0 spiro atoms. The quantitative estimate of drug-likeness (QED) is 0.0199. The number of hydrogen-bond donors (Lipinski definition) is 0. The SMILES string of the molecule is CC/C=C\C/C=C\C/C=C\C/C=C\C/C=C\C/C=C\CCC(=O)OCC(COC(=O)CCCCC/C=C\C=C/CCCCCCCCC)OC(=O)CC/C=C\C/C=C\C/C=C\C/C=C\C/C=C\C/C=C\CC. The first-order chi connectivity index (χ1) is 35.5. The molecular formula is C66H100O6. The van der Waals surface area contributed by atoms with Gasteiger partial charge in [-0.25, -0.2) is 0 Å². The van der Waals surface area contributed by atoms with Gasteiger partial charge >= 0.3 is 17.9 Å². The number of ether oxygens (including phenoxy) is 3. The molecular weight excluding hydrogens is 889 g/mol. The summed E-state index contributed by atoms with van der Waals surface area (Å²) in [5.41, 5.74) is 0. The zero-order valence-electron chi connectivity index (χ0n) is 45.6. The molecule has 0 rings (SSSR count). The number of rotatable bonds is 48. The molecule has 1 unspecified atom stereocenters. The summed E-state index contributed by atoms with van der Waals surface area (Å²) in [6.45, 7) is 6.23. The first-order valence-electron chi connectivity index (χ1n) is 28.2. The molecule has 6 nitrogen and oxygen atoms in total. The summed E-state index contributed by atoms with van der Waals surface area (Å²) in [6.07, 6.45) is 86.5. The highest BCUT2D eigenvalue weighted by Gasteiger charge is 2.19. The Morgan fingerprint density at radius 2 is 0.611 bits per heavy atom. The number of hydrogen-bond acceptors (Lipinski definition) is 6. The molecule has 0 aliphatic rings. The molecule has 0 bridgehead atoms. The van der Waals surface area contributed by atoms with Crippen LogP contribution in [0.1, 0.15) is 207 Å². The second-order valence-electron chi connectivity index (χ2n) is 17.8. The lowest BCUT2D eigenvalue weighted by Gasteiger charge is -2.18. The molecule has 0 radical (unpaired) electrons. The Morgan fingerprint density at radius 3 is 0.986 bits per heavy atom. The fraction of sp³-hybridized carbons (Fsp3) is 0.530. The van der Waals surface area contributed by atoms with Crippen molar-refractivity contribution in [3.8, 4) is 0 Å². The number of carbonyl (C=O) groups excluding carboxylic acids is 3. The van der Waals surface area contributed by atoms with E-state index in [-0.39, 0.29) is 38.4 Å². The van der Waals surface area contributed by atoms with Gasteiger partial charge in [-0.3, -0.25) is 14.4 Å². The third kappa shape index (κ3) is 55.7. The zero-order valence-corrected chi connectivity index (χ0v) is 45.6. The fourth-order valence-electron chi connectivity index (χ4n) is 6.84.